The third-order valence-electron chi connectivity index (χ3n) is 5.08. The van der Waals surface area contributed by atoms with E-state index in [0.29, 0.717) is 11.1 Å². The molecule has 2 aromatic carbocycles. The molecule has 0 spiro atoms. The topological polar surface area (TPSA) is 115 Å². The molecule has 0 saturated carbocycles. The highest BCUT2D eigenvalue weighted by Crippen LogP contribution is 2.26. The van der Waals surface area contributed by atoms with Gasteiger partial charge in [-0.2, -0.15) is 0 Å². The van der Waals surface area contributed by atoms with Gasteiger partial charge in [0.15, 0.2) is 0 Å². The lowest BCUT2D eigenvalue weighted by atomic mass is 9.81. The Balaban J connectivity index is 0.000000466. The summed E-state index contributed by atoms with van der Waals surface area (Å²) in [5, 5.41) is 35.9. The highest BCUT2D eigenvalue weighted by molar-refractivity contribution is 5.87. The summed E-state index contributed by atoms with van der Waals surface area (Å²) >= 11 is 0. The van der Waals surface area contributed by atoms with E-state index in [1.165, 1.54) is 0 Å². The Morgan fingerprint density at radius 1 is 0.750 bits per heavy atom. The maximum absolute atomic E-state index is 10.2. The maximum Gasteiger partial charge on any atom is 0.335 e. The number of aliphatic hydroxyl groups excluding tert-OH is 2. The lowest BCUT2D eigenvalue weighted by Gasteiger charge is -2.29. The van der Waals surface area contributed by atoms with Gasteiger partial charge in [-0.05, 0) is 55.4 Å². The molecule has 6 nitrogen and oxygen atoms in total. The van der Waals surface area contributed by atoms with E-state index in [2.05, 4.69) is 13.8 Å². The summed E-state index contributed by atoms with van der Waals surface area (Å²) in [5.74, 6) is -1.18. The van der Waals surface area contributed by atoms with Crippen molar-refractivity contribution in [3.63, 3.8) is 0 Å². The second-order valence-corrected chi connectivity index (χ2v) is 7.50. The van der Waals surface area contributed by atoms with Crippen LogP contribution in [0.5, 0.6) is 0 Å². The average Bonchev–Trinajstić information content (AvgIpc) is 2.82. The Labute approximate surface area is 191 Å². The fourth-order valence-electron chi connectivity index (χ4n) is 3.35. The van der Waals surface area contributed by atoms with Crippen molar-refractivity contribution >= 4 is 11.9 Å². The summed E-state index contributed by atoms with van der Waals surface area (Å²) in [6, 6.07) is 16.6. The molecular weight excluding hydrogens is 408 g/mol. The largest absolute Gasteiger partial charge is 0.478 e. The molecule has 3 atom stereocenters. The van der Waals surface area contributed by atoms with Gasteiger partial charge in [0.05, 0.1) is 17.2 Å². The Morgan fingerprint density at radius 2 is 1.16 bits per heavy atom. The van der Waals surface area contributed by atoms with Gasteiger partial charge in [0.1, 0.15) is 0 Å². The van der Waals surface area contributed by atoms with Crippen molar-refractivity contribution in [1.29, 1.82) is 0 Å². The van der Waals surface area contributed by atoms with Crippen LogP contribution in [0.1, 0.15) is 73.6 Å². The van der Waals surface area contributed by atoms with Crippen LogP contribution in [-0.2, 0) is 0 Å². The molecule has 0 fully saturated rings. The third kappa shape index (κ3) is 12.2. The van der Waals surface area contributed by atoms with Crippen molar-refractivity contribution in [2.24, 2.45) is 11.8 Å². The van der Waals surface area contributed by atoms with Crippen LogP contribution in [-0.4, -0.2) is 45.1 Å². The van der Waals surface area contributed by atoms with Crippen LogP contribution >= 0.6 is 0 Å². The van der Waals surface area contributed by atoms with Crippen molar-refractivity contribution in [1.82, 2.24) is 0 Å². The Bertz CT molecular complexity index is 683. The van der Waals surface area contributed by atoms with E-state index in [1.54, 1.807) is 60.7 Å². The van der Waals surface area contributed by atoms with E-state index >= 15 is 0 Å². The molecular formula is C26H38O6. The van der Waals surface area contributed by atoms with Crippen molar-refractivity contribution in [2.45, 2.75) is 59.0 Å². The standard InChI is InChI=1S/C12H26O2.2C7H6O2/c1-4-7-10(9-13)11(8-5-2)12(14)6-3;2*8-7(9)6-4-2-1-3-5-6/h10-14H,4-9H2,1-3H3;2*1-5H,(H,8,9). The molecule has 0 aliphatic rings. The normalized spacial score (nSPS) is 12.8. The molecule has 0 aliphatic carbocycles. The quantitative estimate of drug-likeness (QED) is 0.391. The van der Waals surface area contributed by atoms with E-state index < -0.39 is 11.9 Å². The number of hydrogen-bond acceptors (Lipinski definition) is 4. The number of hydrogen-bond donors (Lipinski definition) is 4. The Hall–Kier alpha value is -2.70. The van der Waals surface area contributed by atoms with Crippen molar-refractivity contribution < 1.29 is 30.0 Å². The van der Waals surface area contributed by atoms with Crippen LogP contribution in [0.3, 0.4) is 0 Å². The molecule has 0 heterocycles. The molecule has 178 valence electrons. The van der Waals surface area contributed by atoms with Crippen LogP contribution in [0.2, 0.25) is 0 Å². The number of rotatable bonds is 10. The number of aromatic carboxylic acids is 2. The molecule has 0 aliphatic heterocycles. The number of carboxylic acid groups (broad SMARTS) is 2. The molecule has 6 heteroatoms. The third-order valence-corrected chi connectivity index (χ3v) is 5.08. The van der Waals surface area contributed by atoms with Crippen LogP contribution in [0.15, 0.2) is 60.7 Å². The predicted octanol–water partition coefficient (Wildman–Crippen LogP) is 5.35. The highest BCUT2D eigenvalue weighted by atomic mass is 16.4. The molecule has 2 rings (SSSR count). The maximum atomic E-state index is 10.2. The predicted molar refractivity (Wildman–Crippen MR) is 127 cm³/mol. The first-order chi connectivity index (χ1) is 15.3. The smallest absolute Gasteiger partial charge is 0.335 e. The molecule has 0 radical (unpaired) electrons. The van der Waals surface area contributed by atoms with E-state index in [1.807, 2.05) is 6.92 Å². The van der Waals surface area contributed by atoms with E-state index in [4.69, 9.17) is 10.2 Å². The van der Waals surface area contributed by atoms with Crippen LogP contribution in [0, 0.1) is 11.8 Å². The van der Waals surface area contributed by atoms with E-state index in [-0.39, 0.29) is 24.5 Å². The molecule has 3 unspecified atom stereocenters. The Morgan fingerprint density at radius 3 is 1.41 bits per heavy atom. The van der Waals surface area contributed by atoms with Gasteiger partial charge in [0.2, 0.25) is 0 Å². The van der Waals surface area contributed by atoms with Gasteiger partial charge in [-0.3, -0.25) is 0 Å². The zero-order valence-electron chi connectivity index (χ0n) is 19.4. The van der Waals surface area contributed by atoms with Gasteiger partial charge in [0, 0.05) is 6.61 Å². The lowest BCUT2D eigenvalue weighted by molar-refractivity contribution is 0.0365. The first-order valence-corrected chi connectivity index (χ1v) is 11.2. The molecule has 0 bridgehead atoms. The number of carboxylic acids is 2. The average molecular weight is 447 g/mol. The first-order valence-electron chi connectivity index (χ1n) is 11.2. The summed E-state index contributed by atoms with van der Waals surface area (Å²) in [5.41, 5.74) is 0.662. The molecule has 4 N–H and O–H groups in total. The molecule has 0 saturated heterocycles. The van der Waals surface area contributed by atoms with Crippen molar-refractivity contribution in [3.8, 4) is 0 Å². The summed E-state index contributed by atoms with van der Waals surface area (Å²) < 4.78 is 0. The van der Waals surface area contributed by atoms with Gasteiger partial charge in [-0.25, -0.2) is 9.59 Å². The van der Waals surface area contributed by atoms with E-state index in [9.17, 15) is 19.8 Å². The van der Waals surface area contributed by atoms with Crippen LogP contribution in [0.25, 0.3) is 0 Å². The Kier molecular flexibility index (Phi) is 16.4. The van der Waals surface area contributed by atoms with Crippen molar-refractivity contribution in [3.05, 3.63) is 71.8 Å². The van der Waals surface area contributed by atoms with Gasteiger partial charge in [-0.15, -0.1) is 0 Å². The number of carbonyl (C=O) groups is 2. The molecule has 32 heavy (non-hydrogen) atoms. The second kappa shape index (κ2) is 17.9. The SMILES string of the molecule is CCCC(CO)C(CCC)C(O)CC.O=C(O)c1ccccc1.O=C(O)c1ccccc1. The second-order valence-electron chi connectivity index (χ2n) is 7.50. The van der Waals surface area contributed by atoms with Gasteiger partial charge < -0.3 is 20.4 Å². The minimum absolute atomic E-state index is 0.218. The fraction of sp³-hybridized carbons (Fsp3) is 0.462. The summed E-state index contributed by atoms with van der Waals surface area (Å²) in [6.07, 6.45) is 4.78. The minimum Gasteiger partial charge on any atom is -0.478 e. The highest BCUT2D eigenvalue weighted by Gasteiger charge is 2.25. The number of benzene rings is 2. The first kappa shape index (κ1) is 29.3. The van der Waals surface area contributed by atoms with Crippen LogP contribution < -0.4 is 0 Å². The fourth-order valence-corrected chi connectivity index (χ4v) is 3.35. The zero-order valence-corrected chi connectivity index (χ0v) is 19.4. The molecule has 0 amide bonds. The van der Waals surface area contributed by atoms with Crippen LogP contribution in [0.4, 0.5) is 0 Å². The summed E-state index contributed by atoms with van der Waals surface area (Å²) in [6.45, 7) is 6.49. The van der Waals surface area contributed by atoms with Gasteiger partial charge in [0.25, 0.3) is 0 Å². The minimum atomic E-state index is -0.879. The monoisotopic (exact) mass is 446 g/mol. The van der Waals surface area contributed by atoms with Crippen molar-refractivity contribution in [2.75, 3.05) is 6.61 Å². The molecule has 0 aromatic heterocycles. The molecule has 2 aromatic rings. The van der Waals surface area contributed by atoms with Gasteiger partial charge in [-0.1, -0.05) is 70.0 Å². The van der Waals surface area contributed by atoms with E-state index in [0.717, 1.165) is 32.1 Å². The zero-order chi connectivity index (χ0) is 24.4. The van der Waals surface area contributed by atoms with Gasteiger partial charge >= 0.3 is 11.9 Å². The summed E-state index contributed by atoms with van der Waals surface area (Å²) in [4.78, 5) is 20.4. The lowest BCUT2D eigenvalue weighted by Crippen LogP contribution is -2.29. The summed E-state index contributed by atoms with van der Waals surface area (Å²) in [7, 11) is 0. The number of aliphatic hydroxyl groups is 2.